The molecule has 0 saturated carbocycles. The van der Waals surface area contributed by atoms with Crippen LogP contribution in [0.5, 0.6) is 0 Å². The number of rotatable bonds is 8. The van der Waals surface area contributed by atoms with Crippen molar-refractivity contribution in [1.29, 1.82) is 0 Å². The Kier molecular flexibility index (Phi) is 6.68. The van der Waals surface area contributed by atoms with Gasteiger partial charge in [-0.1, -0.05) is 38.1 Å². The number of hydrogen-bond acceptors (Lipinski definition) is 3. The first kappa shape index (κ1) is 16.5. The molecule has 2 aromatic rings. The van der Waals surface area contributed by atoms with Crippen LogP contribution < -0.4 is 0 Å². The van der Waals surface area contributed by atoms with E-state index >= 15 is 0 Å². The lowest BCUT2D eigenvalue weighted by molar-refractivity contribution is 0.115. The second-order valence-electron chi connectivity index (χ2n) is 5.56. The minimum atomic E-state index is 0.471. The maximum absolute atomic E-state index is 5.78. The molecule has 0 unspecified atom stereocenters. The maximum atomic E-state index is 5.78. The quantitative estimate of drug-likeness (QED) is 0.472. The number of thiazole rings is 1. The van der Waals surface area contributed by atoms with Crippen LogP contribution in [-0.4, -0.2) is 11.6 Å². The van der Waals surface area contributed by atoms with Gasteiger partial charge in [-0.05, 0) is 24.3 Å². The summed E-state index contributed by atoms with van der Waals surface area (Å²) in [5.41, 5.74) is 3.28. The van der Waals surface area contributed by atoms with Crippen molar-refractivity contribution in [3.8, 4) is 10.6 Å². The molecular weight excluding hydrogens is 302 g/mol. The van der Waals surface area contributed by atoms with Crippen molar-refractivity contribution < 1.29 is 4.74 Å². The Morgan fingerprint density at radius 3 is 2.62 bits per heavy atom. The molecule has 0 aliphatic carbocycles. The van der Waals surface area contributed by atoms with Crippen molar-refractivity contribution in [3.05, 3.63) is 40.9 Å². The summed E-state index contributed by atoms with van der Waals surface area (Å²) in [6.45, 7) is 6.01. The first-order valence-electron chi connectivity index (χ1n) is 7.36. The smallest absolute Gasteiger partial charge is 0.123 e. The Balaban J connectivity index is 1.81. The molecule has 0 amide bonds. The lowest BCUT2D eigenvalue weighted by Crippen LogP contribution is -1.97. The van der Waals surface area contributed by atoms with E-state index in [2.05, 4.69) is 43.1 Å². The largest absolute Gasteiger partial charge is 0.377 e. The van der Waals surface area contributed by atoms with Gasteiger partial charge in [0.05, 0.1) is 18.2 Å². The zero-order valence-electron chi connectivity index (χ0n) is 12.6. The van der Waals surface area contributed by atoms with Gasteiger partial charge in [-0.25, -0.2) is 4.98 Å². The van der Waals surface area contributed by atoms with E-state index in [1.807, 2.05) is 5.38 Å². The summed E-state index contributed by atoms with van der Waals surface area (Å²) in [6, 6.07) is 8.42. The molecule has 21 heavy (non-hydrogen) atoms. The van der Waals surface area contributed by atoms with Crippen LogP contribution >= 0.6 is 22.9 Å². The fourth-order valence-corrected chi connectivity index (χ4v) is 3.08. The summed E-state index contributed by atoms with van der Waals surface area (Å²) in [7, 11) is 0. The molecule has 0 radical (unpaired) electrons. The summed E-state index contributed by atoms with van der Waals surface area (Å²) in [5.74, 6) is 1.22. The molecule has 2 rings (SSSR count). The van der Waals surface area contributed by atoms with Gasteiger partial charge in [-0.2, -0.15) is 0 Å². The zero-order chi connectivity index (χ0) is 15.1. The van der Waals surface area contributed by atoms with E-state index in [0.29, 0.717) is 12.5 Å². The molecule has 0 fully saturated rings. The molecule has 0 atom stereocenters. The molecule has 0 spiro atoms. The third-order valence-electron chi connectivity index (χ3n) is 3.23. The van der Waals surface area contributed by atoms with E-state index in [1.54, 1.807) is 11.3 Å². The third kappa shape index (κ3) is 5.42. The standard InChI is InChI=1S/C17H22ClNOS/c1-13(2)4-3-9-20-11-14-5-7-15(8-6-14)17-19-16(10-18)12-21-17/h5-8,12-13H,3-4,9-11H2,1-2H3. The minimum Gasteiger partial charge on any atom is -0.377 e. The van der Waals surface area contributed by atoms with Crippen molar-refractivity contribution in [3.63, 3.8) is 0 Å². The Hall–Kier alpha value is -0.900. The number of halogens is 1. The topological polar surface area (TPSA) is 22.1 Å². The summed E-state index contributed by atoms with van der Waals surface area (Å²) >= 11 is 7.42. The Morgan fingerprint density at radius 1 is 1.24 bits per heavy atom. The Bertz CT molecular complexity index is 536. The van der Waals surface area contributed by atoms with Crippen LogP contribution in [0.15, 0.2) is 29.6 Å². The molecule has 0 saturated heterocycles. The fraction of sp³-hybridized carbons (Fsp3) is 0.471. The second-order valence-corrected chi connectivity index (χ2v) is 6.69. The molecular formula is C17H22ClNOS. The molecule has 4 heteroatoms. The van der Waals surface area contributed by atoms with Crippen LogP contribution in [0.25, 0.3) is 10.6 Å². The van der Waals surface area contributed by atoms with Crippen molar-refractivity contribution in [2.45, 2.75) is 39.2 Å². The van der Waals surface area contributed by atoms with E-state index in [4.69, 9.17) is 16.3 Å². The van der Waals surface area contributed by atoms with Gasteiger partial charge in [-0.15, -0.1) is 22.9 Å². The highest BCUT2D eigenvalue weighted by atomic mass is 35.5. The van der Waals surface area contributed by atoms with E-state index in [9.17, 15) is 0 Å². The molecule has 0 N–H and O–H groups in total. The van der Waals surface area contributed by atoms with E-state index in [0.717, 1.165) is 35.2 Å². The minimum absolute atomic E-state index is 0.471. The van der Waals surface area contributed by atoms with Crippen LogP contribution in [0.4, 0.5) is 0 Å². The number of alkyl halides is 1. The van der Waals surface area contributed by atoms with Gasteiger partial charge in [-0.3, -0.25) is 0 Å². The van der Waals surface area contributed by atoms with Crippen molar-refractivity contribution in [1.82, 2.24) is 4.98 Å². The molecule has 2 nitrogen and oxygen atoms in total. The van der Waals surface area contributed by atoms with Gasteiger partial charge in [0.2, 0.25) is 0 Å². The monoisotopic (exact) mass is 323 g/mol. The Labute approximate surface area is 136 Å². The van der Waals surface area contributed by atoms with Crippen LogP contribution in [-0.2, 0) is 17.2 Å². The highest BCUT2D eigenvalue weighted by molar-refractivity contribution is 7.13. The lowest BCUT2D eigenvalue weighted by Gasteiger charge is -2.06. The fourth-order valence-electron chi connectivity index (χ4n) is 2.03. The molecule has 0 aliphatic heterocycles. The number of nitrogens with zero attached hydrogens (tertiary/aromatic N) is 1. The molecule has 0 aliphatic rings. The predicted molar refractivity (Wildman–Crippen MR) is 90.8 cm³/mol. The van der Waals surface area contributed by atoms with Gasteiger partial charge in [0.25, 0.3) is 0 Å². The summed E-state index contributed by atoms with van der Waals surface area (Å²) in [5, 5.41) is 3.03. The summed E-state index contributed by atoms with van der Waals surface area (Å²) < 4.78 is 5.71. The molecule has 1 aromatic carbocycles. The average molecular weight is 324 g/mol. The molecule has 114 valence electrons. The number of ether oxygens (including phenoxy) is 1. The van der Waals surface area contributed by atoms with Crippen LogP contribution in [0.3, 0.4) is 0 Å². The molecule has 1 aromatic heterocycles. The van der Waals surface area contributed by atoms with Crippen molar-refractivity contribution in [2.75, 3.05) is 6.61 Å². The normalized spacial score (nSPS) is 11.2. The maximum Gasteiger partial charge on any atom is 0.123 e. The average Bonchev–Trinajstić information content (AvgIpc) is 2.96. The van der Waals surface area contributed by atoms with Gasteiger partial charge < -0.3 is 4.74 Å². The Morgan fingerprint density at radius 2 is 2.00 bits per heavy atom. The number of aromatic nitrogens is 1. The first-order valence-corrected chi connectivity index (χ1v) is 8.78. The third-order valence-corrected chi connectivity index (χ3v) is 4.44. The second kappa shape index (κ2) is 8.52. The van der Waals surface area contributed by atoms with E-state index in [1.165, 1.54) is 12.0 Å². The van der Waals surface area contributed by atoms with E-state index in [-0.39, 0.29) is 0 Å². The summed E-state index contributed by atoms with van der Waals surface area (Å²) in [4.78, 5) is 4.49. The number of hydrogen-bond donors (Lipinski definition) is 0. The van der Waals surface area contributed by atoms with Gasteiger partial charge in [0, 0.05) is 17.6 Å². The van der Waals surface area contributed by atoms with Crippen molar-refractivity contribution >= 4 is 22.9 Å². The van der Waals surface area contributed by atoms with Crippen LogP contribution in [0, 0.1) is 5.92 Å². The van der Waals surface area contributed by atoms with Crippen LogP contribution in [0.1, 0.15) is 37.9 Å². The zero-order valence-corrected chi connectivity index (χ0v) is 14.2. The highest BCUT2D eigenvalue weighted by Crippen LogP contribution is 2.24. The van der Waals surface area contributed by atoms with Gasteiger partial charge in [0.1, 0.15) is 5.01 Å². The van der Waals surface area contributed by atoms with Crippen LogP contribution in [0.2, 0.25) is 0 Å². The SMILES string of the molecule is CC(C)CCCOCc1ccc(-c2nc(CCl)cs2)cc1. The van der Waals surface area contributed by atoms with Gasteiger partial charge >= 0.3 is 0 Å². The van der Waals surface area contributed by atoms with Crippen molar-refractivity contribution in [2.24, 2.45) is 5.92 Å². The highest BCUT2D eigenvalue weighted by Gasteiger charge is 2.04. The number of benzene rings is 1. The first-order chi connectivity index (χ1) is 10.2. The van der Waals surface area contributed by atoms with Gasteiger partial charge in [0.15, 0.2) is 0 Å². The summed E-state index contributed by atoms with van der Waals surface area (Å²) in [6.07, 6.45) is 2.36. The molecule has 0 bridgehead atoms. The lowest BCUT2D eigenvalue weighted by atomic mass is 10.1. The predicted octanol–water partition coefficient (Wildman–Crippen LogP) is 5.50. The molecule has 1 heterocycles. The van der Waals surface area contributed by atoms with E-state index < -0.39 is 0 Å².